The van der Waals surface area contributed by atoms with Crippen LogP contribution in [-0.2, 0) is 9.47 Å². The predicted molar refractivity (Wildman–Crippen MR) is 69.5 cm³/mol. The summed E-state index contributed by atoms with van der Waals surface area (Å²) in [6.45, 7) is 6.52. The summed E-state index contributed by atoms with van der Waals surface area (Å²) in [5, 5.41) is 10.5. The van der Waals surface area contributed by atoms with E-state index in [-0.39, 0.29) is 17.1 Å². The van der Waals surface area contributed by atoms with Crippen LogP contribution in [0.4, 0.5) is 0 Å². The van der Waals surface area contributed by atoms with E-state index in [1.807, 2.05) is 6.08 Å². The molecule has 1 spiro atoms. The van der Waals surface area contributed by atoms with Gasteiger partial charge >= 0.3 is 0 Å². The molecular weight excluding hydrogens is 228 g/mol. The molecule has 1 saturated carbocycles. The van der Waals surface area contributed by atoms with Gasteiger partial charge in [0, 0.05) is 12.5 Å². The minimum atomic E-state index is -0.516. The van der Waals surface area contributed by atoms with Gasteiger partial charge in [-0.05, 0) is 51.5 Å². The second-order valence-electron chi connectivity index (χ2n) is 6.94. The van der Waals surface area contributed by atoms with Crippen LogP contribution in [0.2, 0.25) is 0 Å². The lowest BCUT2D eigenvalue weighted by Gasteiger charge is -2.53. The smallest absolute Gasteiger partial charge is 0.133 e. The van der Waals surface area contributed by atoms with Crippen LogP contribution in [0.15, 0.2) is 11.8 Å². The Labute approximate surface area is 109 Å². The van der Waals surface area contributed by atoms with Crippen molar-refractivity contribution in [2.45, 2.75) is 63.8 Å². The van der Waals surface area contributed by atoms with Crippen LogP contribution in [0, 0.1) is 11.3 Å². The number of hydrogen-bond donors (Lipinski definition) is 1. The van der Waals surface area contributed by atoms with Gasteiger partial charge in [0.25, 0.3) is 0 Å². The van der Waals surface area contributed by atoms with Crippen LogP contribution in [0.5, 0.6) is 0 Å². The van der Waals surface area contributed by atoms with E-state index in [4.69, 9.17) is 9.47 Å². The molecule has 1 heterocycles. The van der Waals surface area contributed by atoms with E-state index in [9.17, 15) is 5.11 Å². The van der Waals surface area contributed by atoms with Gasteiger partial charge in [-0.3, -0.25) is 0 Å². The van der Waals surface area contributed by atoms with Crippen LogP contribution in [0.3, 0.4) is 0 Å². The third-order valence-electron chi connectivity index (χ3n) is 5.79. The Morgan fingerprint density at radius 3 is 2.78 bits per heavy atom. The highest BCUT2D eigenvalue weighted by molar-refractivity contribution is 5.28. The second-order valence-corrected chi connectivity index (χ2v) is 6.94. The first-order chi connectivity index (χ1) is 8.36. The van der Waals surface area contributed by atoms with Gasteiger partial charge in [-0.25, -0.2) is 0 Å². The van der Waals surface area contributed by atoms with Crippen molar-refractivity contribution in [2.24, 2.45) is 11.3 Å². The first-order valence-corrected chi connectivity index (χ1v) is 6.98. The van der Waals surface area contributed by atoms with Crippen LogP contribution in [0.1, 0.15) is 46.5 Å². The molecule has 1 saturated heterocycles. The second kappa shape index (κ2) is 3.51. The maximum absolute atomic E-state index is 10.5. The van der Waals surface area contributed by atoms with E-state index in [1.165, 1.54) is 0 Å². The molecule has 0 aromatic carbocycles. The van der Waals surface area contributed by atoms with E-state index in [0.717, 1.165) is 25.7 Å². The van der Waals surface area contributed by atoms with Crippen LogP contribution >= 0.6 is 0 Å². The number of fused-ring (bicyclic) bond motifs is 1. The Hall–Kier alpha value is -0.540. The largest absolute Gasteiger partial charge is 0.510 e. The molecule has 0 amide bonds. The van der Waals surface area contributed by atoms with Crippen molar-refractivity contribution in [3.05, 3.63) is 11.8 Å². The summed E-state index contributed by atoms with van der Waals surface area (Å²) >= 11 is 0. The number of methoxy groups -OCH3 is 1. The summed E-state index contributed by atoms with van der Waals surface area (Å²) < 4.78 is 12.2. The van der Waals surface area contributed by atoms with Crippen molar-refractivity contribution < 1.29 is 14.6 Å². The van der Waals surface area contributed by atoms with Crippen LogP contribution in [0.25, 0.3) is 0 Å². The number of hydrogen-bond acceptors (Lipinski definition) is 3. The normalized spacial score (nSPS) is 49.7. The van der Waals surface area contributed by atoms with E-state index in [0.29, 0.717) is 11.7 Å². The molecule has 18 heavy (non-hydrogen) atoms. The molecule has 0 radical (unpaired) electrons. The molecule has 2 unspecified atom stereocenters. The Bertz CT molecular complexity index is 401. The lowest BCUT2D eigenvalue weighted by atomic mass is 9.56. The highest BCUT2D eigenvalue weighted by Gasteiger charge is 2.68. The Morgan fingerprint density at radius 1 is 1.39 bits per heavy atom. The van der Waals surface area contributed by atoms with Crippen LogP contribution < -0.4 is 0 Å². The van der Waals surface area contributed by atoms with Crippen molar-refractivity contribution in [3.63, 3.8) is 0 Å². The summed E-state index contributed by atoms with van der Waals surface area (Å²) in [4.78, 5) is 0. The van der Waals surface area contributed by atoms with Gasteiger partial charge in [0.2, 0.25) is 0 Å². The zero-order chi connectivity index (χ0) is 13.2. The molecule has 3 aliphatic rings. The van der Waals surface area contributed by atoms with Crippen molar-refractivity contribution in [1.29, 1.82) is 0 Å². The molecule has 1 N–H and O–H groups in total. The van der Waals surface area contributed by atoms with Gasteiger partial charge in [0.05, 0.1) is 11.7 Å². The number of aliphatic hydroxyl groups is 1. The van der Waals surface area contributed by atoms with E-state index in [1.54, 1.807) is 7.11 Å². The first-order valence-electron chi connectivity index (χ1n) is 6.98. The van der Waals surface area contributed by atoms with Crippen molar-refractivity contribution >= 4 is 0 Å². The third kappa shape index (κ3) is 1.27. The molecule has 3 rings (SSSR count). The fourth-order valence-electron chi connectivity index (χ4n) is 4.50. The fraction of sp³-hybridized carbons (Fsp3) is 0.867. The number of allylic oxidation sites excluding steroid dienone is 1. The molecule has 102 valence electrons. The molecule has 0 aromatic rings. The van der Waals surface area contributed by atoms with Crippen molar-refractivity contribution in [3.8, 4) is 0 Å². The van der Waals surface area contributed by atoms with E-state index >= 15 is 0 Å². The zero-order valence-electron chi connectivity index (χ0n) is 11.8. The van der Waals surface area contributed by atoms with E-state index < -0.39 is 5.60 Å². The molecule has 2 fully saturated rings. The summed E-state index contributed by atoms with van der Waals surface area (Å²) in [7, 11) is 1.79. The molecule has 0 aromatic heterocycles. The van der Waals surface area contributed by atoms with Crippen LogP contribution in [-0.4, -0.2) is 29.5 Å². The SMILES string of the molecule is CO[C@@H]1CC2CC3(OC2(C)C)C(O)=CCC[C@@]13C. The first kappa shape index (κ1) is 12.5. The standard InChI is InChI=1S/C15H24O3/c1-13(2)10-8-12(17-4)14(3)7-5-6-11(16)15(14,9-10)18-13/h6,10,12,16H,5,7-9H2,1-4H3/t10?,12-,14+,15?/m1/s1. The maximum Gasteiger partial charge on any atom is 0.133 e. The molecule has 4 atom stereocenters. The summed E-state index contributed by atoms with van der Waals surface area (Å²) in [5.74, 6) is 0.901. The van der Waals surface area contributed by atoms with E-state index in [2.05, 4.69) is 20.8 Å². The molecule has 1 aliphatic heterocycles. The Kier molecular flexibility index (Phi) is 2.44. The Morgan fingerprint density at radius 2 is 2.11 bits per heavy atom. The zero-order valence-corrected chi connectivity index (χ0v) is 11.8. The lowest BCUT2D eigenvalue weighted by molar-refractivity contribution is -0.183. The molecule has 2 bridgehead atoms. The monoisotopic (exact) mass is 252 g/mol. The Balaban J connectivity index is 2.13. The van der Waals surface area contributed by atoms with Gasteiger partial charge in [-0.2, -0.15) is 0 Å². The van der Waals surface area contributed by atoms with Gasteiger partial charge < -0.3 is 14.6 Å². The average molecular weight is 252 g/mol. The molecule has 3 nitrogen and oxygen atoms in total. The minimum absolute atomic E-state index is 0.106. The maximum atomic E-state index is 10.5. The van der Waals surface area contributed by atoms with Gasteiger partial charge in [0.1, 0.15) is 11.4 Å². The highest BCUT2D eigenvalue weighted by atomic mass is 16.6. The molecular formula is C15H24O3. The summed E-state index contributed by atoms with van der Waals surface area (Å²) in [5.41, 5.74) is -0.795. The summed E-state index contributed by atoms with van der Waals surface area (Å²) in [6, 6.07) is 0. The minimum Gasteiger partial charge on any atom is -0.510 e. The van der Waals surface area contributed by atoms with Gasteiger partial charge in [-0.1, -0.05) is 6.92 Å². The lowest BCUT2D eigenvalue weighted by Crippen LogP contribution is -2.58. The van der Waals surface area contributed by atoms with Crippen molar-refractivity contribution in [2.75, 3.05) is 7.11 Å². The number of ether oxygens (including phenoxy) is 2. The average Bonchev–Trinajstić information content (AvgIpc) is 2.53. The quantitative estimate of drug-likeness (QED) is 0.779. The fourth-order valence-corrected chi connectivity index (χ4v) is 4.50. The number of rotatable bonds is 1. The van der Waals surface area contributed by atoms with Gasteiger partial charge in [-0.15, -0.1) is 0 Å². The molecule has 3 heteroatoms. The number of aliphatic hydroxyl groups excluding tert-OH is 1. The molecule has 2 aliphatic carbocycles. The van der Waals surface area contributed by atoms with Gasteiger partial charge in [0.15, 0.2) is 0 Å². The van der Waals surface area contributed by atoms with Crippen molar-refractivity contribution in [1.82, 2.24) is 0 Å². The topological polar surface area (TPSA) is 38.7 Å². The third-order valence-corrected chi connectivity index (χ3v) is 5.79. The predicted octanol–water partition coefficient (Wildman–Crippen LogP) is 3.20. The highest BCUT2D eigenvalue weighted by Crippen LogP contribution is 2.64. The summed E-state index contributed by atoms with van der Waals surface area (Å²) in [6.07, 6.45) is 6.02.